The van der Waals surface area contributed by atoms with E-state index in [4.69, 9.17) is 5.11 Å². The van der Waals surface area contributed by atoms with Crippen molar-refractivity contribution in [3.63, 3.8) is 0 Å². The first kappa shape index (κ1) is 14.0. The van der Waals surface area contributed by atoms with Gasteiger partial charge in [0.1, 0.15) is 0 Å². The van der Waals surface area contributed by atoms with E-state index in [1.807, 2.05) is 19.1 Å². The molecule has 3 rings (SSSR count). The minimum Gasteiger partial charge on any atom is -0.478 e. The van der Waals surface area contributed by atoms with Gasteiger partial charge >= 0.3 is 5.97 Å². The molecule has 1 aromatic heterocycles. The van der Waals surface area contributed by atoms with E-state index in [2.05, 4.69) is 23.3 Å². The number of aryl methyl sites for hydroxylation is 2. The maximum atomic E-state index is 10.9. The summed E-state index contributed by atoms with van der Waals surface area (Å²) in [7, 11) is 0. The van der Waals surface area contributed by atoms with Gasteiger partial charge in [0, 0.05) is 5.56 Å². The molecule has 0 aliphatic rings. The molecule has 0 saturated heterocycles. The molecule has 0 atom stereocenters. The quantitative estimate of drug-likeness (QED) is 0.805. The molecular formula is C17H15N3O2. The predicted octanol–water partition coefficient (Wildman–Crippen LogP) is 3.25. The lowest BCUT2D eigenvalue weighted by atomic mass is 10.0. The van der Waals surface area contributed by atoms with Gasteiger partial charge in [-0.25, -0.2) is 9.48 Å². The Morgan fingerprint density at radius 2 is 1.82 bits per heavy atom. The molecule has 5 nitrogen and oxygen atoms in total. The summed E-state index contributed by atoms with van der Waals surface area (Å²) < 4.78 is 1.71. The van der Waals surface area contributed by atoms with E-state index < -0.39 is 5.97 Å². The van der Waals surface area contributed by atoms with Crippen molar-refractivity contribution < 1.29 is 9.90 Å². The molecule has 0 saturated carbocycles. The largest absolute Gasteiger partial charge is 0.478 e. The van der Waals surface area contributed by atoms with E-state index in [0.29, 0.717) is 0 Å². The number of aromatic nitrogens is 3. The Bertz CT molecular complexity index is 835. The predicted molar refractivity (Wildman–Crippen MR) is 83.2 cm³/mol. The van der Waals surface area contributed by atoms with Gasteiger partial charge in [-0.05, 0) is 43.7 Å². The van der Waals surface area contributed by atoms with Crippen LogP contribution in [0.4, 0.5) is 0 Å². The van der Waals surface area contributed by atoms with Crippen LogP contribution in [0.25, 0.3) is 16.9 Å². The van der Waals surface area contributed by atoms with E-state index in [0.717, 1.165) is 22.5 Å². The van der Waals surface area contributed by atoms with Crippen molar-refractivity contribution in [3.8, 4) is 16.9 Å². The molecular weight excluding hydrogens is 278 g/mol. The molecule has 3 aromatic rings. The van der Waals surface area contributed by atoms with Gasteiger partial charge in [0.25, 0.3) is 0 Å². The second-order valence-corrected chi connectivity index (χ2v) is 5.20. The summed E-state index contributed by atoms with van der Waals surface area (Å²) in [5, 5.41) is 17.1. The molecule has 5 heteroatoms. The van der Waals surface area contributed by atoms with Gasteiger partial charge in [0.2, 0.25) is 0 Å². The Labute approximate surface area is 127 Å². The van der Waals surface area contributed by atoms with Crippen molar-refractivity contribution in [1.29, 1.82) is 0 Å². The highest BCUT2D eigenvalue weighted by atomic mass is 16.4. The molecule has 0 fully saturated rings. The van der Waals surface area contributed by atoms with E-state index in [9.17, 15) is 4.79 Å². The molecule has 0 aliphatic carbocycles. The van der Waals surface area contributed by atoms with Crippen molar-refractivity contribution >= 4 is 5.97 Å². The average Bonchev–Trinajstić information content (AvgIpc) is 2.96. The molecule has 1 N–H and O–H groups in total. The number of carboxylic acid groups (broad SMARTS) is 1. The molecule has 110 valence electrons. The summed E-state index contributed by atoms with van der Waals surface area (Å²) in [6, 6.07) is 12.8. The van der Waals surface area contributed by atoms with Crippen LogP contribution in [0.1, 0.15) is 21.5 Å². The van der Waals surface area contributed by atoms with Crippen LogP contribution in [0, 0.1) is 13.8 Å². The van der Waals surface area contributed by atoms with Gasteiger partial charge in [0.15, 0.2) is 0 Å². The molecule has 1 heterocycles. The third kappa shape index (κ3) is 2.48. The SMILES string of the molecule is Cc1ccc(-c2cnnn2-c2ccc(C(=O)O)cc2)c(C)c1. The lowest BCUT2D eigenvalue weighted by molar-refractivity contribution is 0.0697. The van der Waals surface area contributed by atoms with Crippen LogP contribution in [0.3, 0.4) is 0 Å². The second kappa shape index (κ2) is 5.44. The Balaban J connectivity index is 2.07. The smallest absolute Gasteiger partial charge is 0.335 e. The molecule has 0 unspecified atom stereocenters. The second-order valence-electron chi connectivity index (χ2n) is 5.20. The number of rotatable bonds is 3. The van der Waals surface area contributed by atoms with Crippen LogP contribution < -0.4 is 0 Å². The zero-order chi connectivity index (χ0) is 15.7. The minimum absolute atomic E-state index is 0.247. The van der Waals surface area contributed by atoms with Crippen molar-refractivity contribution in [2.24, 2.45) is 0 Å². The maximum Gasteiger partial charge on any atom is 0.335 e. The zero-order valence-corrected chi connectivity index (χ0v) is 12.3. The average molecular weight is 293 g/mol. The van der Waals surface area contributed by atoms with Gasteiger partial charge in [0.05, 0.1) is 23.1 Å². The molecule has 0 amide bonds. The van der Waals surface area contributed by atoms with Crippen LogP contribution in [-0.2, 0) is 0 Å². The first-order valence-corrected chi connectivity index (χ1v) is 6.88. The van der Waals surface area contributed by atoms with Crippen molar-refractivity contribution in [2.45, 2.75) is 13.8 Å². The number of hydrogen-bond acceptors (Lipinski definition) is 3. The van der Waals surface area contributed by atoms with Gasteiger partial charge in [-0.2, -0.15) is 0 Å². The van der Waals surface area contributed by atoms with E-state index >= 15 is 0 Å². The Morgan fingerprint density at radius 1 is 1.09 bits per heavy atom. The molecule has 0 aliphatic heterocycles. The van der Waals surface area contributed by atoms with Gasteiger partial charge in [-0.1, -0.05) is 29.0 Å². The van der Waals surface area contributed by atoms with Gasteiger partial charge < -0.3 is 5.11 Å². The van der Waals surface area contributed by atoms with E-state index in [1.54, 1.807) is 35.1 Å². The molecule has 0 spiro atoms. The summed E-state index contributed by atoms with van der Waals surface area (Å²) in [5.74, 6) is -0.945. The van der Waals surface area contributed by atoms with Crippen LogP contribution in [-0.4, -0.2) is 26.1 Å². The highest BCUT2D eigenvalue weighted by Crippen LogP contribution is 2.25. The topological polar surface area (TPSA) is 68.0 Å². The first-order valence-electron chi connectivity index (χ1n) is 6.88. The van der Waals surface area contributed by atoms with Crippen LogP contribution in [0.2, 0.25) is 0 Å². The van der Waals surface area contributed by atoms with Crippen molar-refractivity contribution in [2.75, 3.05) is 0 Å². The number of carbonyl (C=O) groups is 1. The highest BCUT2D eigenvalue weighted by molar-refractivity contribution is 5.87. The van der Waals surface area contributed by atoms with Crippen LogP contribution in [0.15, 0.2) is 48.7 Å². The van der Waals surface area contributed by atoms with Gasteiger partial charge in [-0.3, -0.25) is 0 Å². The van der Waals surface area contributed by atoms with Crippen molar-refractivity contribution in [1.82, 2.24) is 15.0 Å². The zero-order valence-electron chi connectivity index (χ0n) is 12.3. The number of aromatic carboxylic acids is 1. The number of benzene rings is 2. The standard InChI is InChI=1S/C17H15N3O2/c1-11-3-8-15(12(2)9-11)16-10-18-19-20(16)14-6-4-13(5-7-14)17(21)22/h3-10H,1-2H3,(H,21,22). The number of carboxylic acids is 1. The minimum atomic E-state index is -0.945. The first-order chi connectivity index (χ1) is 10.6. The Morgan fingerprint density at radius 3 is 2.45 bits per heavy atom. The Hall–Kier alpha value is -2.95. The summed E-state index contributed by atoms with van der Waals surface area (Å²) in [6.07, 6.45) is 1.71. The lowest BCUT2D eigenvalue weighted by Gasteiger charge is -2.09. The Kier molecular flexibility index (Phi) is 3.47. The molecule has 22 heavy (non-hydrogen) atoms. The summed E-state index contributed by atoms with van der Waals surface area (Å²) >= 11 is 0. The normalized spacial score (nSPS) is 10.6. The fourth-order valence-electron chi connectivity index (χ4n) is 2.46. The van der Waals surface area contributed by atoms with E-state index in [1.165, 1.54) is 5.56 Å². The fraction of sp³-hybridized carbons (Fsp3) is 0.118. The third-order valence-electron chi connectivity index (χ3n) is 3.57. The molecule has 0 bridgehead atoms. The summed E-state index contributed by atoms with van der Waals surface area (Å²) in [5.41, 5.74) is 5.30. The summed E-state index contributed by atoms with van der Waals surface area (Å²) in [6.45, 7) is 4.10. The van der Waals surface area contributed by atoms with Crippen LogP contribution >= 0.6 is 0 Å². The lowest BCUT2D eigenvalue weighted by Crippen LogP contribution is -2.02. The number of nitrogens with zero attached hydrogens (tertiary/aromatic N) is 3. The summed E-state index contributed by atoms with van der Waals surface area (Å²) in [4.78, 5) is 10.9. The number of hydrogen-bond donors (Lipinski definition) is 1. The van der Waals surface area contributed by atoms with E-state index in [-0.39, 0.29) is 5.56 Å². The molecule has 0 radical (unpaired) electrons. The van der Waals surface area contributed by atoms with Crippen molar-refractivity contribution in [3.05, 3.63) is 65.4 Å². The fourth-order valence-corrected chi connectivity index (χ4v) is 2.46. The highest BCUT2D eigenvalue weighted by Gasteiger charge is 2.11. The molecule has 2 aromatic carbocycles. The monoisotopic (exact) mass is 293 g/mol. The van der Waals surface area contributed by atoms with Gasteiger partial charge in [-0.15, -0.1) is 5.10 Å². The maximum absolute atomic E-state index is 10.9. The van der Waals surface area contributed by atoms with Crippen LogP contribution in [0.5, 0.6) is 0 Å². The third-order valence-corrected chi connectivity index (χ3v) is 3.57.